The van der Waals surface area contributed by atoms with E-state index in [1.165, 1.54) is 25.5 Å². The van der Waals surface area contributed by atoms with Crippen LogP contribution < -0.4 is 10.5 Å². The molecule has 0 saturated heterocycles. The summed E-state index contributed by atoms with van der Waals surface area (Å²) in [6.45, 7) is 4.21. The molecule has 1 unspecified atom stereocenters. The number of hydrogen-bond acceptors (Lipinski definition) is 4. The molecule has 1 heterocycles. The van der Waals surface area contributed by atoms with Gasteiger partial charge in [-0.25, -0.2) is 4.98 Å². The van der Waals surface area contributed by atoms with E-state index in [2.05, 4.69) is 16.9 Å². The minimum absolute atomic E-state index is 0.0973. The Hall–Kier alpha value is -1.03. The van der Waals surface area contributed by atoms with E-state index < -0.39 is 0 Å². The smallest absolute Gasteiger partial charge is 0.241 e. The SMILES string of the molecule is CCCCCCC(C)Oc1nc(Cl)ncc1N. The van der Waals surface area contributed by atoms with Crippen LogP contribution in [0.4, 0.5) is 5.69 Å². The van der Waals surface area contributed by atoms with Crippen molar-refractivity contribution in [3.05, 3.63) is 11.5 Å². The maximum Gasteiger partial charge on any atom is 0.241 e. The number of nitrogen functional groups attached to an aromatic ring is 1. The molecule has 0 aliphatic carbocycles. The summed E-state index contributed by atoms with van der Waals surface area (Å²) in [5, 5.41) is 0.160. The average molecular weight is 258 g/mol. The van der Waals surface area contributed by atoms with E-state index in [-0.39, 0.29) is 11.4 Å². The molecule has 0 aliphatic rings. The third-order valence-corrected chi connectivity index (χ3v) is 2.71. The van der Waals surface area contributed by atoms with E-state index in [0.717, 1.165) is 12.8 Å². The molecule has 0 aliphatic heterocycles. The largest absolute Gasteiger partial charge is 0.473 e. The Kier molecular flexibility index (Phi) is 6.05. The molecular formula is C12H20ClN3O. The lowest BCUT2D eigenvalue weighted by atomic mass is 10.1. The fourth-order valence-corrected chi connectivity index (χ4v) is 1.68. The van der Waals surface area contributed by atoms with Gasteiger partial charge in [0, 0.05) is 0 Å². The number of hydrogen-bond donors (Lipinski definition) is 1. The zero-order chi connectivity index (χ0) is 12.7. The predicted molar refractivity (Wildman–Crippen MR) is 70.3 cm³/mol. The standard InChI is InChI=1S/C12H20ClN3O/c1-3-4-5-6-7-9(2)17-11-10(14)8-15-12(13)16-11/h8-9H,3-7,14H2,1-2H3. The Labute approximate surface area is 108 Å². The Morgan fingerprint density at radius 1 is 1.41 bits per heavy atom. The molecule has 1 rings (SSSR count). The van der Waals surface area contributed by atoms with Crippen molar-refractivity contribution in [2.24, 2.45) is 0 Å². The number of ether oxygens (including phenoxy) is 1. The molecule has 0 amide bonds. The lowest BCUT2D eigenvalue weighted by molar-refractivity contribution is 0.199. The highest BCUT2D eigenvalue weighted by Gasteiger charge is 2.09. The Bertz CT molecular complexity index is 347. The third-order valence-electron chi connectivity index (χ3n) is 2.53. The fourth-order valence-electron chi connectivity index (χ4n) is 1.56. The van der Waals surface area contributed by atoms with Gasteiger partial charge < -0.3 is 10.5 Å². The number of unbranched alkanes of at least 4 members (excludes halogenated alkanes) is 3. The highest BCUT2D eigenvalue weighted by Crippen LogP contribution is 2.21. The molecule has 0 saturated carbocycles. The molecule has 0 aromatic carbocycles. The van der Waals surface area contributed by atoms with Crippen molar-refractivity contribution >= 4 is 17.3 Å². The van der Waals surface area contributed by atoms with Gasteiger partial charge in [-0.3, -0.25) is 0 Å². The summed E-state index contributed by atoms with van der Waals surface area (Å²) >= 11 is 5.69. The summed E-state index contributed by atoms with van der Waals surface area (Å²) in [6, 6.07) is 0. The number of nitrogens with zero attached hydrogens (tertiary/aromatic N) is 2. The monoisotopic (exact) mass is 257 g/mol. The average Bonchev–Trinajstić information content (AvgIpc) is 2.29. The van der Waals surface area contributed by atoms with Crippen molar-refractivity contribution in [3.63, 3.8) is 0 Å². The van der Waals surface area contributed by atoms with Gasteiger partial charge in [-0.2, -0.15) is 4.98 Å². The second kappa shape index (κ2) is 7.33. The number of rotatable bonds is 7. The number of aromatic nitrogens is 2. The van der Waals surface area contributed by atoms with Crippen molar-refractivity contribution in [2.75, 3.05) is 5.73 Å². The maximum absolute atomic E-state index is 5.71. The van der Waals surface area contributed by atoms with Crippen LogP contribution in [0.3, 0.4) is 0 Å². The van der Waals surface area contributed by atoms with Crippen LogP contribution in [-0.4, -0.2) is 16.1 Å². The molecule has 1 aromatic rings. The predicted octanol–water partition coefficient (Wildman–Crippen LogP) is 3.45. The summed E-state index contributed by atoms with van der Waals surface area (Å²) < 4.78 is 5.65. The summed E-state index contributed by atoms with van der Waals surface area (Å²) in [6.07, 6.45) is 7.48. The van der Waals surface area contributed by atoms with Gasteiger partial charge in [0.2, 0.25) is 11.2 Å². The number of anilines is 1. The van der Waals surface area contributed by atoms with Crippen molar-refractivity contribution in [1.29, 1.82) is 0 Å². The molecule has 1 atom stereocenters. The Morgan fingerprint density at radius 3 is 2.88 bits per heavy atom. The first-order valence-corrected chi connectivity index (χ1v) is 6.46. The van der Waals surface area contributed by atoms with Crippen LogP contribution in [0.25, 0.3) is 0 Å². The molecular weight excluding hydrogens is 238 g/mol. The maximum atomic E-state index is 5.71. The van der Waals surface area contributed by atoms with E-state index in [4.69, 9.17) is 22.1 Å². The van der Waals surface area contributed by atoms with Crippen molar-refractivity contribution in [1.82, 2.24) is 9.97 Å². The van der Waals surface area contributed by atoms with Crippen LogP contribution >= 0.6 is 11.6 Å². The third kappa shape index (κ3) is 5.22. The zero-order valence-electron chi connectivity index (χ0n) is 10.4. The van der Waals surface area contributed by atoms with E-state index in [9.17, 15) is 0 Å². The second-order valence-corrected chi connectivity index (χ2v) is 4.52. The minimum Gasteiger partial charge on any atom is -0.473 e. The molecule has 17 heavy (non-hydrogen) atoms. The molecule has 4 nitrogen and oxygen atoms in total. The first kappa shape index (κ1) is 14.0. The van der Waals surface area contributed by atoms with E-state index in [1.54, 1.807) is 0 Å². The molecule has 0 radical (unpaired) electrons. The van der Waals surface area contributed by atoms with Crippen LogP contribution in [0.5, 0.6) is 5.88 Å². The molecule has 96 valence electrons. The Morgan fingerprint density at radius 2 is 2.18 bits per heavy atom. The first-order chi connectivity index (χ1) is 8.13. The van der Waals surface area contributed by atoms with Gasteiger partial charge in [0.25, 0.3) is 0 Å². The van der Waals surface area contributed by atoms with Gasteiger partial charge >= 0.3 is 0 Å². The normalized spacial score (nSPS) is 12.4. The van der Waals surface area contributed by atoms with E-state index >= 15 is 0 Å². The highest BCUT2D eigenvalue weighted by atomic mass is 35.5. The zero-order valence-corrected chi connectivity index (χ0v) is 11.2. The van der Waals surface area contributed by atoms with Crippen molar-refractivity contribution < 1.29 is 4.74 Å². The van der Waals surface area contributed by atoms with Gasteiger partial charge in [0.05, 0.1) is 12.3 Å². The Balaban J connectivity index is 2.39. The summed E-state index contributed by atoms with van der Waals surface area (Å²) in [5.41, 5.74) is 6.13. The number of halogens is 1. The summed E-state index contributed by atoms with van der Waals surface area (Å²) in [4.78, 5) is 7.75. The summed E-state index contributed by atoms with van der Waals surface area (Å²) in [5.74, 6) is 0.382. The molecule has 0 bridgehead atoms. The van der Waals surface area contributed by atoms with Crippen LogP contribution in [0.2, 0.25) is 5.28 Å². The van der Waals surface area contributed by atoms with Crippen LogP contribution in [0.15, 0.2) is 6.20 Å². The number of nitrogens with two attached hydrogens (primary N) is 1. The van der Waals surface area contributed by atoms with Crippen LogP contribution in [-0.2, 0) is 0 Å². The highest BCUT2D eigenvalue weighted by molar-refractivity contribution is 6.28. The van der Waals surface area contributed by atoms with Gasteiger partial charge in [0.1, 0.15) is 5.69 Å². The van der Waals surface area contributed by atoms with Gasteiger partial charge in [-0.05, 0) is 31.4 Å². The molecule has 1 aromatic heterocycles. The lowest BCUT2D eigenvalue weighted by Gasteiger charge is -2.14. The van der Waals surface area contributed by atoms with Crippen molar-refractivity contribution in [3.8, 4) is 5.88 Å². The van der Waals surface area contributed by atoms with Gasteiger partial charge in [-0.15, -0.1) is 0 Å². The van der Waals surface area contributed by atoms with Crippen LogP contribution in [0.1, 0.15) is 46.0 Å². The molecule has 5 heteroatoms. The van der Waals surface area contributed by atoms with Crippen molar-refractivity contribution in [2.45, 2.75) is 52.1 Å². The molecule has 2 N–H and O–H groups in total. The van der Waals surface area contributed by atoms with Gasteiger partial charge in [0.15, 0.2) is 0 Å². The fraction of sp³-hybridized carbons (Fsp3) is 0.667. The minimum atomic E-state index is 0.0973. The lowest BCUT2D eigenvalue weighted by Crippen LogP contribution is -2.14. The summed E-state index contributed by atoms with van der Waals surface area (Å²) in [7, 11) is 0. The first-order valence-electron chi connectivity index (χ1n) is 6.08. The molecule has 0 fully saturated rings. The van der Waals surface area contributed by atoms with Crippen LogP contribution in [0, 0.1) is 0 Å². The van der Waals surface area contributed by atoms with E-state index in [1.807, 2.05) is 6.92 Å². The van der Waals surface area contributed by atoms with E-state index in [0.29, 0.717) is 11.6 Å². The molecule has 0 spiro atoms. The topological polar surface area (TPSA) is 61.0 Å². The quantitative estimate of drug-likeness (QED) is 0.600. The second-order valence-electron chi connectivity index (χ2n) is 4.18. The van der Waals surface area contributed by atoms with Gasteiger partial charge in [-0.1, -0.05) is 26.2 Å².